The van der Waals surface area contributed by atoms with Gasteiger partial charge in [0.05, 0.1) is 10.9 Å². The summed E-state index contributed by atoms with van der Waals surface area (Å²) in [5, 5.41) is 11.9. The Bertz CT molecular complexity index is 1340. The zero-order valence-corrected chi connectivity index (χ0v) is 19.8. The van der Waals surface area contributed by atoms with Crippen molar-refractivity contribution in [2.45, 2.75) is 30.7 Å². The molecule has 0 saturated carbocycles. The molecule has 0 bridgehead atoms. The third kappa shape index (κ3) is 4.05. The number of ether oxygens (including phenoxy) is 2. The number of nitrogens with one attached hydrogen (secondary N) is 1. The summed E-state index contributed by atoms with van der Waals surface area (Å²) in [6.45, 7) is 2.18. The fourth-order valence-electron chi connectivity index (χ4n) is 3.89. The van der Waals surface area contributed by atoms with Gasteiger partial charge in [0.2, 0.25) is 21.8 Å². The van der Waals surface area contributed by atoms with E-state index in [9.17, 15) is 13.2 Å². The van der Waals surface area contributed by atoms with Crippen molar-refractivity contribution in [2.24, 2.45) is 0 Å². The summed E-state index contributed by atoms with van der Waals surface area (Å²) in [5.74, 6) is 0.730. The maximum Gasteiger partial charge on any atom is 0.286 e. The first kappa shape index (κ1) is 22.1. The van der Waals surface area contributed by atoms with Gasteiger partial charge in [-0.15, -0.1) is 10.2 Å². The smallest absolute Gasteiger partial charge is 0.286 e. The van der Waals surface area contributed by atoms with Crippen molar-refractivity contribution in [3.63, 3.8) is 0 Å². The summed E-state index contributed by atoms with van der Waals surface area (Å²) in [6.07, 6.45) is 1.28. The highest BCUT2D eigenvalue weighted by Crippen LogP contribution is 2.39. The quantitative estimate of drug-likeness (QED) is 0.556. The van der Waals surface area contributed by atoms with Gasteiger partial charge >= 0.3 is 0 Å². The van der Waals surface area contributed by atoms with Gasteiger partial charge in [-0.05, 0) is 49.6 Å². The van der Waals surface area contributed by atoms with Gasteiger partial charge < -0.3 is 14.8 Å². The van der Waals surface area contributed by atoms with Crippen LogP contribution in [0.5, 0.6) is 11.5 Å². The standard InChI is InChI=1S/C21H19ClN4O5S2/c1-12-14(22)4-2-6-18(12)33(28,29)26-9-3-5-15(26)20-24-25-21(32-20)19(27)23-13-7-8-16-17(10-13)31-11-30-16/h2,4,6-8,10,15H,3,5,9,11H2,1H3,(H,23,27). The molecule has 33 heavy (non-hydrogen) atoms. The van der Waals surface area contributed by atoms with Crippen LogP contribution >= 0.6 is 22.9 Å². The Morgan fingerprint density at radius 1 is 1.21 bits per heavy atom. The highest BCUT2D eigenvalue weighted by Gasteiger charge is 2.39. The van der Waals surface area contributed by atoms with Crippen LogP contribution in [0.4, 0.5) is 5.69 Å². The molecule has 0 radical (unpaired) electrons. The summed E-state index contributed by atoms with van der Waals surface area (Å²) in [7, 11) is -3.79. The van der Waals surface area contributed by atoms with E-state index in [0.717, 1.165) is 11.3 Å². The Labute approximate surface area is 199 Å². The van der Waals surface area contributed by atoms with Crippen molar-refractivity contribution in [2.75, 3.05) is 18.7 Å². The molecule has 1 saturated heterocycles. The van der Waals surface area contributed by atoms with Crippen LogP contribution in [0.3, 0.4) is 0 Å². The lowest BCUT2D eigenvalue weighted by atomic mass is 10.2. The van der Waals surface area contributed by atoms with Crippen LogP contribution in [0.1, 0.15) is 39.3 Å². The number of sulfonamides is 1. The van der Waals surface area contributed by atoms with E-state index < -0.39 is 22.0 Å². The second-order valence-electron chi connectivity index (χ2n) is 7.60. The van der Waals surface area contributed by atoms with Crippen molar-refractivity contribution >= 4 is 44.6 Å². The number of rotatable bonds is 5. The molecule has 5 rings (SSSR count). The molecule has 0 aliphatic carbocycles. The third-order valence-corrected chi connectivity index (χ3v) is 9.04. The lowest BCUT2D eigenvalue weighted by molar-refractivity contribution is 0.102. The summed E-state index contributed by atoms with van der Waals surface area (Å²) in [4.78, 5) is 12.9. The maximum absolute atomic E-state index is 13.4. The Hall–Kier alpha value is -2.73. The molecule has 172 valence electrons. The first-order valence-corrected chi connectivity index (χ1v) is 12.8. The number of carbonyl (C=O) groups is 1. The largest absolute Gasteiger partial charge is 0.454 e. The SMILES string of the molecule is Cc1c(Cl)cccc1S(=O)(=O)N1CCCC1c1nnc(C(=O)Nc2ccc3c(c2)OCO3)s1. The van der Waals surface area contributed by atoms with Gasteiger partial charge in [0, 0.05) is 23.3 Å². The zero-order valence-electron chi connectivity index (χ0n) is 17.4. The first-order valence-electron chi connectivity index (χ1n) is 10.2. The summed E-state index contributed by atoms with van der Waals surface area (Å²) in [6, 6.07) is 9.42. The van der Waals surface area contributed by atoms with Gasteiger partial charge in [0.15, 0.2) is 11.5 Å². The van der Waals surface area contributed by atoms with Crippen LogP contribution in [0.25, 0.3) is 0 Å². The number of nitrogens with zero attached hydrogens (tertiary/aromatic N) is 3. The van der Waals surface area contributed by atoms with Gasteiger partial charge in [-0.2, -0.15) is 4.31 Å². The molecular formula is C21H19ClN4O5S2. The number of halogens is 1. The number of hydrogen-bond donors (Lipinski definition) is 1. The van der Waals surface area contributed by atoms with Crippen molar-refractivity contribution in [1.82, 2.24) is 14.5 Å². The Morgan fingerprint density at radius 3 is 2.88 bits per heavy atom. The van der Waals surface area contributed by atoms with Crippen LogP contribution in [-0.4, -0.2) is 42.2 Å². The molecule has 3 aromatic rings. The zero-order chi connectivity index (χ0) is 23.2. The van der Waals surface area contributed by atoms with Crippen molar-refractivity contribution in [3.05, 3.63) is 57.0 Å². The van der Waals surface area contributed by atoms with Crippen LogP contribution in [-0.2, 0) is 10.0 Å². The average Bonchev–Trinajstić information content (AvgIpc) is 3.54. The minimum absolute atomic E-state index is 0.141. The molecule has 2 aliphatic heterocycles. The number of amides is 1. The topological polar surface area (TPSA) is 111 Å². The normalized spacial score (nSPS) is 17.9. The minimum atomic E-state index is -3.79. The lowest BCUT2D eigenvalue weighted by Crippen LogP contribution is -2.31. The van der Waals surface area contributed by atoms with E-state index in [1.165, 1.54) is 4.31 Å². The van der Waals surface area contributed by atoms with Crippen molar-refractivity contribution in [3.8, 4) is 11.5 Å². The number of aromatic nitrogens is 2. The molecule has 1 atom stereocenters. The van der Waals surface area contributed by atoms with Crippen molar-refractivity contribution in [1.29, 1.82) is 0 Å². The third-order valence-electron chi connectivity index (χ3n) is 5.56. The fraction of sp³-hybridized carbons (Fsp3) is 0.286. The Balaban J connectivity index is 1.36. The van der Waals surface area contributed by atoms with Gasteiger partial charge in [-0.25, -0.2) is 8.42 Å². The molecule has 1 unspecified atom stereocenters. The van der Waals surface area contributed by atoms with Crippen LogP contribution in [0, 0.1) is 6.92 Å². The van der Waals surface area contributed by atoms with E-state index in [2.05, 4.69) is 15.5 Å². The fourth-order valence-corrected chi connectivity index (χ4v) is 6.98. The van der Waals surface area contributed by atoms with Crippen LogP contribution in [0.2, 0.25) is 5.02 Å². The summed E-state index contributed by atoms with van der Waals surface area (Å²) in [5.41, 5.74) is 1.04. The van der Waals surface area contributed by atoms with E-state index in [0.29, 0.717) is 52.2 Å². The summed E-state index contributed by atoms with van der Waals surface area (Å²) < 4.78 is 38.8. The number of fused-ring (bicyclic) bond motifs is 1. The molecule has 12 heteroatoms. The minimum Gasteiger partial charge on any atom is -0.454 e. The van der Waals surface area contributed by atoms with Crippen molar-refractivity contribution < 1.29 is 22.7 Å². The predicted molar refractivity (Wildman–Crippen MR) is 122 cm³/mol. The molecular weight excluding hydrogens is 488 g/mol. The number of carbonyl (C=O) groups excluding carboxylic acids is 1. The predicted octanol–water partition coefficient (Wildman–Crippen LogP) is 4.01. The molecule has 1 amide bonds. The van der Waals surface area contributed by atoms with Gasteiger partial charge in [-0.3, -0.25) is 4.79 Å². The van der Waals surface area contributed by atoms with E-state index >= 15 is 0 Å². The number of benzene rings is 2. The molecule has 0 spiro atoms. The van der Waals surface area contributed by atoms with Gasteiger partial charge in [0.1, 0.15) is 5.01 Å². The van der Waals surface area contributed by atoms with E-state index in [-0.39, 0.29) is 16.7 Å². The van der Waals surface area contributed by atoms with E-state index in [4.69, 9.17) is 21.1 Å². The molecule has 1 N–H and O–H groups in total. The number of anilines is 1. The highest BCUT2D eigenvalue weighted by molar-refractivity contribution is 7.89. The Kier molecular flexibility index (Phi) is 5.73. The summed E-state index contributed by atoms with van der Waals surface area (Å²) >= 11 is 7.24. The molecule has 2 aliphatic rings. The maximum atomic E-state index is 13.4. The van der Waals surface area contributed by atoms with Crippen LogP contribution < -0.4 is 14.8 Å². The van der Waals surface area contributed by atoms with Gasteiger partial charge in [-0.1, -0.05) is 29.0 Å². The average molecular weight is 507 g/mol. The van der Waals surface area contributed by atoms with Crippen LogP contribution in [0.15, 0.2) is 41.3 Å². The highest BCUT2D eigenvalue weighted by atomic mass is 35.5. The molecule has 9 nitrogen and oxygen atoms in total. The monoisotopic (exact) mass is 506 g/mol. The molecule has 1 fully saturated rings. The second kappa shape index (κ2) is 8.56. The van der Waals surface area contributed by atoms with E-state index in [1.54, 1.807) is 43.3 Å². The molecule has 1 aromatic heterocycles. The Morgan fingerprint density at radius 2 is 2.03 bits per heavy atom. The number of hydrogen-bond acceptors (Lipinski definition) is 8. The van der Waals surface area contributed by atoms with E-state index in [1.807, 2.05) is 0 Å². The molecule has 3 heterocycles. The van der Waals surface area contributed by atoms with Gasteiger partial charge in [0.25, 0.3) is 5.91 Å². The lowest BCUT2D eigenvalue weighted by Gasteiger charge is -2.23. The molecule has 2 aromatic carbocycles. The first-order chi connectivity index (χ1) is 15.8. The second-order valence-corrected chi connectivity index (χ2v) is 10.9.